The number of hydrogen-bond donors (Lipinski definition) is 1. The van der Waals surface area contributed by atoms with Crippen molar-refractivity contribution in [3.8, 4) is 11.5 Å². The van der Waals surface area contributed by atoms with Crippen molar-refractivity contribution in [3.63, 3.8) is 0 Å². The number of aromatic nitrogens is 1. The molecule has 18 heavy (non-hydrogen) atoms. The van der Waals surface area contributed by atoms with Crippen LogP contribution in [0.15, 0.2) is 36.7 Å². The number of benzene rings is 1. The maximum absolute atomic E-state index is 12.9. The molecule has 0 radical (unpaired) electrons. The Kier molecular flexibility index (Phi) is 3.62. The number of nitrogens with two attached hydrogens (primary N) is 1. The maximum Gasteiger partial charge on any atom is 0.162 e. The van der Waals surface area contributed by atoms with E-state index >= 15 is 0 Å². The zero-order chi connectivity index (χ0) is 13.0. The topological polar surface area (TPSA) is 57.4 Å². The first-order chi connectivity index (χ1) is 8.69. The second-order valence-electron chi connectivity index (χ2n) is 3.71. The molecule has 94 valence electrons. The summed E-state index contributed by atoms with van der Waals surface area (Å²) in [7, 11) is 1.53. The van der Waals surface area contributed by atoms with Crippen LogP contribution in [0, 0.1) is 5.82 Å². The van der Waals surface area contributed by atoms with Crippen molar-refractivity contribution in [3.05, 3.63) is 48.0 Å². The number of ether oxygens (including phenoxy) is 2. The highest BCUT2D eigenvalue weighted by molar-refractivity contribution is 5.51. The fourth-order valence-corrected chi connectivity index (χ4v) is 1.50. The van der Waals surface area contributed by atoms with E-state index in [2.05, 4.69) is 4.98 Å². The Morgan fingerprint density at radius 2 is 2.06 bits per heavy atom. The van der Waals surface area contributed by atoms with E-state index in [9.17, 15) is 4.39 Å². The third kappa shape index (κ3) is 2.88. The molecular formula is C13H13FN2O2. The highest BCUT2D eigenvalue weighted by atomic mass is 19.1. The number of hydrogen-bond acceptors (Lipinski definition) is 4. The van der Waals surface area contributed by atoms with E-state index in [1.54, 1.807) is 24.4 Å². The molecule has 0 aliphatic carbocycles. The Labute approximate surface area is 104 Å². The molecule has 4 nitrogen and oxygen atoms in total. The molecule has 2 N–H and O–H groups in total. The minimum Gasteiger partial charge on any atom is -0.493 e. The van der Waals surface area contributed by atoms with Gasteiger partial charge in [0.2, 0.25) is 0 Å². The Hall–Kier alpha value is -2.30. The summed E-state index contributed by atoms with van der Waals surface area (Å²) < 4.78 is 23.6. The molecule has 1 aromatic carbocycles. The summed E-state index contributed by atoms with van der Waals surface area (Å²) in [5, 5.41) is 0. The summed E-state index contributed by atoms with van der Waals surface area (Å²) in [6, 6.07) is 6.46. The normalized spacial score (nSPS) is 10.1. The Balaban J connectivity index is 2.10. The van der Waals surface area contributed by atoms with Crippen LogP contribution in [0.5, 0.6) is 11.5 Å². The maximum atomic E-state index is 12.9. The molecule has 0 spiro atoms. The Bertz CT molecular complexity index is 546. The molecule has 0 amide bonds. The SMILES string of the molecule is COc1cc(N)ccc1OCc1cncc(F)c1. The molecule has 0 unspecified atom stereocenters. The van der Waals surface area contributed by atoms with Crippen molar-refractivity contribution in [1.29, 1.82) is 0 Å². The van der Waals surface area contributed by atoms with Gasteiger partial charge in [-0.05, 0) is 18.2 Å². The molecule has 5 heteroatoms. The van der Waals surface area contributed by atoms with Gasteiger partial charge in [0, 0.05) is 23.5 Å². The van der Waals surface area contributed by atoms with Gasteiger partial charge in [0.25, 0.3) is 0 Å². The molecule has 0 aliphatic rings. The Morgan fingerprint density at radius 1 is 1.22 bits per heavy atom. The summed E-state index contributed by atoms with van der Waals surface area (Å²) in [6.45, 7) is 0.213. The predicted molar refractivity (Wildman–Crippen MR) is 65.9 cm³/mol. The summed E-state index contributed by atoms with van der Waals surface area (Å²) in [5.74, 6) is 0.704. The number of anilines is 1. The lowest BCUT2D eigenvalue weighted by Crippen LogP contribution is -1.99. The van der Waals surface area contributed by atoms with Gasteiger partial charge in [0.1, 0.15) is 12.4 Å². The van der Waals surface area contributed by atoms with Gasteiger partial charge in [0.15, 0.2) is 11.5 Å². The van der Waals surface area contributed by atoms with Crippen molar-refractivity contribution in [2.24, 2.45) is 0 Å². The lowest BCUT2D eigenvalue weighted by Gasteiger charge is -2.11. The van der Waals surface area contributed by atoms with Gasteiger partial charge in [-0.3, -0.25) is 4.98 Å². The average molecular weight is 248 g/mol. The molecule has 0 atom stereocenters. The van der Waals surface area contributed by atoms with E-state index in [0.29, 0.717) is 22.7 Å². The van der Waals surface area contributed by atoms with Crippen LogP contribution in [0.3, 0.4) is 0 Å². The molecule has 2 aromatic rings. The van der Waals surface area contributed by atoms with Gasteiger partial charge in [-0.1, -0.05) is 0 Å². The summed E-state index contributed by atoms with van der Waals surface area (Å²) in [6.07, 6.45) is 2.69. The van der Waals surface area contributed by atoms with Crippen LogP contribution in [-0.4, -0.2) is 12.1 Å². The number of halogens is 1. The first kappa shape index (κ1) is 12.2. The van der Waals surface area contributed by atoms with E-state index in [0.717, 1.165) is 6.20 Å². The number of methoxy groups -OCH3 is 1. The number of rotatable bonds is 4. The van der Waals surface area contributed by atoms with Crippen molar-refractivity contribution >= 4 is 5.69 Å². The molecule has 0 bridgehead atoms. The molecule has 2 rings (SSSR count). The quantitative estimate of drug-likeness (QED) is 0.844. The fourth-order valence-electron chi connectivity index (χ4n) is 1.50. The fraction of sp³-hybridized carbons (Fsp3) is 0.154. The number of pyridine rings is 1. The summed E-state index contributed by atoms with van der Waals surface area (Å²) in [5.41, 5.74) is 6.87. The van der Waals surface area contributed by atoms with Crippen molar-refractivity contribution in [2.45, 2.75) is 6.61 Å². The van der Waals surface area contributed by atoms with Crippen LogP contribution in [0.1, 0.15) is 5.56 Å². The van der Waals surface area contributed by atoms with Crippen LogP contribution < -0.4 is 15.2 Å². The predicted octanol–water partition coefficient (Wildman–Crippen LogP) is 2.39. The van der Waals surface area contributed by atoms with Crippen molar-refractivity contribution in [1.82, 2.24) is 4.98 Å². The van der Waals surface area contributed by atoms with E-state index in [1.807, 2.05) is 0 Å². The van der Waals surface area contributed by atoms with E-state index in [4.69, 9.17) is 15.2 Å². The molecule has 0 aliphatic heterocycles. The smallest absolute Gasteiger partial charge is 0.162 e. The van der Waals surface area contributed by atoms with Crippen LogP contribution in [0.2, 0.25) is 0 Å². The summed E-state index contributed by atoms with van der Waals surface area (Å²) in [4.78, 5) is 3.75. The molecule has 0 saturated heterocycles. The average Bonchev–Trinajstić information content (AvgIpc) is 2.37. The molecule has 1 heterocycles. The lowest BCUT2D eigenvalue weighted by atomic mass is 10.2. The van der Waals surface area contributed by atoms with Gasteiger partial charge in [-0.2, -0.15) is 0 Å². The lowest BCUT2D eigenvalue weighted by molar-refractivity contribution is 0.284. The number of nitrogens with zero attached hydrogens (tertiary/aromatic N) is 1. The van der Waals surface area contributed by atoms with Crippen LogP contribution in [-0.2, 0) is 6.61 Å². The van der Waals surface area contributed by atoms with Crippen LogP contribution in [0.4, 0.5) is 10.1 Å². The minimum absolute atomic E-state index is 0.213. The van der Waals surface area contributed by atoms with E-state index < -0.39 is 0 Å². The molecular weight excluding hydrogens is 235 g/mol. The summed E-state index contributed by atoms with van der Waals surface area (Å²) >= 11 is 0. The first-order valence-electron chi connectivity index (χ1n) is 5.35. The molecule has 0 saturated carbocycles. The van der Waals surface area contributed by atoms with E-state index in [1.165, 1.54) is 13.2 Å². The van der Waals surface area contributed by atoms with Crippen LogP contribution in [0.25, 0.3) is 0 Å². The second-order valence-corrected chi connectivity index (χ2v) is 3.71. The first-order valence-corrected chi connectivity index (χ1v) is 5.35. The second kappa shape index (κ2) is 5.35. The van der Waals surface area contributed by atoms with Gasteiger partial charge in [-0.15, -0.1) is 0 Å². The number of nitrogen functional groups attached to an aromatic ring is 1. The third-order valence-electron chi connectivity index (χ3n) is 2.34. The van der Waals surface area contributed by atoms with Gasteiger partial charge < -0.3 is 15.2 Å². The zero-order valence-corrected chi connectivity index (χ0v) is 9.89. The van der Waals surface area contributed by atoms with E-state index in [-0.39, 0.29) is 12.4 Å². The molecule has 1 aromatic heterocycles. The minimum atomic E-state index is -0.389. The highest BCUT2D eigenvalue weighted by Crippen LogP contribution is 2.29. The van der Waals surface area contributed by atoms with Crippen molar-refractivity contribution in [2.75, 3.05) is 12.8 Å². The van der Waals surface area contributed by atoms with Crippen molar-refractivity contribution < 1.29 is 13.9 Å². The van der Waals surface area contributed by atoms with Crippen LogP contribution >= 0.6 is 0 Å². The molecule has 0 fully saturated rings. The monoisotopic (exact) mass is 248 g/mol. The van der Waals surface area contributed by atoms with Gasteiger partial charge in [-0.25, -0.2) is 4.39 Å². The largest absolute Gasteiger partial charge is 0.493 e. The Morgan fingerprint density at radius 3 is 2.78 bits per heavy atom. The van der Waals surface area contributed by atoms with Gasteiger partial charge >= 0.3 is 0 Å². The van der Waals surface area contributed by atoms with Gasteiger partial charge in [0.05, 0.1) is 13.3 Å². The standard InChI is InChI=1S/C13H13FN2O2/c1-17-13-5-11(15)2-3-12(13)18-8-9-4-10(14)7-16-6-9/h2-7H,8,15H2,1H3. The third-order valence-corrected chi connectivity index (χ3v) is 2.34. The zero-order valence-electron chi connectivity index (χ0n) is 9.89. The highest BCUT2D eigenvalue weighted by Gasteiger charge is 2.05.